The topological polar surface area (TPSA) is 0 Å². The minimum atomic E-state index is 0.655. The lowest BCUT2D eigenvalue weighted by Gasteiger charge is -2.28. The first-order valence-electron chi connectivity index (χ1n) is 11.7. The number of rotatable bonds is 10. The molecule has 0 aromatic heterocycles. The fourth-order valence-electron chi connectivity index (χ4n) is 5.08. The molecule has 2 aromatic carbocycles. The number of benzene rings is 2. The van der Waals surface area contributed by atoms with Crippen LogP contribution in [0.5, 0.6) is 0 Å². The maximum Gasteiger partial charge on any atom is 0.176 e. The quantitative estimate of drug-likeness (QED) is 0.397. The van der Waals surface area contributed by atoms with Crippen molar-refractivity contribution in [2.24, 2.45) is 23.7 Å². The fourth-order valence-corrected chi connectivity index (χ4v) is 5.08. The molecule has 0 atom stereocenters. The van der Waals surface area contributed by atoms with E-state index < -0.39 is 0 Å². The molecular formula is C26H42B2. The van der Waals surface area contributed by atoms with E-state index in [1.807, 2.05) is 0 Å². The lowest BCUT2D eigenvalue weighted by Crippen LogP contribution is -2.50. The van der Waals surface area contributed by atoms with Gasteiger partial charge in [-0.2, -0.15) is 0 Å². The Kier molecular flexibility index (Phi) is 8.72. The zero-order valence-corrected chi connectivity index (χ0v) is 19.8. The Morgan fingerprint density at radius 1 is 0.571 bits per heavy atom. The molecule has 0 aliphatic heterocycles. The second-order valence-electron chi connectivity index (χ2n) is 10.7. The zero-order valence-electron chi connectivity index (χ0n) is 19.8. The third-order valence-corrected chi connectivity index (χ3v) is 5.88. The van der Waals surface area contributed by atoms with Gasteiger partial charge in [0.25, 0.3) is 0 Å². The average Bonchev–Trinajstić information content (AvgIpc) is 2.58. The molecule has 28 heavy (non-hydrogen) atoms. The molecule has 0 fully saturated rings. The summed E-state index contributed by atoms with van der Waals surface area (Å²) in [5, 5.41) is 2.91. The van der Waals surface area contributed by atoms with E-state index in [0.717, 1.165) is 23.7 Å². The highest BCUT2D eigenvalue weighted by Crippen LogP contribution is 2.22. The summed E-state index contributed by atoms with van der Waals surface area (Å²) in [7, 11) is 0. The first-order valence-corrected chi connectivity index (χ1v) is 11.7. The second kappa shape index (κ2) is 10.6. The third kappa shape index (κ3) is 6.43. The molecule has 0 radical (unpaired) electrons. The van der Waals surface area contributed by atoms with Gasteiger partial charge < -0.3 is 0 Å². The predicted molar refractivity (Wildman–Crippen MR) is 133 cm³/mol. The van der Waals surface area contributed by atoms with E-state index in [0.29, 0.717) is 13.4 Å². The Hall–Kier alpha value is -1.17. The van der Waals surface area contributed by atoms with E-state index in [-0.39, 0.29) is 0 Å². The summed E-state index contributed by atoms with van der Waals surface area (Å²) in [5.74, 6) is 2.92. The zero-order chi connectivity index (χ0) is 20.8. The van der Waals surface area contributed by atoms with Crippen LogP contribution in [0.1, 0.15) is 55.4 Å². The highest BCUT2D eigenvalue weighted by atomic mass is 14.1. The van der Waals surface area contributed by atoms with Gasteiger partial charge in [0.2, 0.25) is 0 Å². The summed E-state index contributed by atoms with van der Waals surface area (Å²) in [6, 6.07) is 14.0. The molecule has 0 aliphatic carbocycles. The highest BCUT2D eigenvalue weighted by Gasteiger charge is 2.29. The number of fused-ring (bicyclic) bond motifs is 1. The molecule has 0 aliphatic rings. The van der Waals surface area contributed by atoms with Gasteiger partial charge in [0.1, 0.15) is 0 Å². The van der Waals surface area contributed by atoms with Crippen LogP contribution in [0, 0.1) is 23.7 Å². The van der Waals surface area contributed by atoms with E-state index in [2.05, 4.69) is 91.8 Å². The molecule has 2 aromatic rings. The van der Waals surface area contributed by atoms with Gasteiger partial charge in [-0.3, -0.25) is 0 Å². The normalized spacial score (nSPS) is 12.0. The molecule has 2 heteroatoms. The van der Waals surface area contributed by atoms with Crippen LogP contribution in [-0.4, -0.2) is 13.4 Å². The Bertz CT molecular complexity index is 710. The van der Waals surface area contributed by atoms with Crippen molar-refractivity contribution in [3.8, 4) is 0 Å². The van der Waals surface area contributed by atoms with Crippen LogP contribution < -0.4 is 10.9 Å². The van der Waals surface area contributed by atoms with Gasteiger partial charge >= 0.3 is 0 Å². The summed E-state index contributed by atoms with van der Waals surface area (Å²) in [5.41, 5.74) is 3.32. The molecule has 0 spiro atoms. The molecular weight excluding hydrogens is 334 g/mol. The van der Waals surface area contributed by atoms with Crippen LogP contribution in [0.15, 0.2) is 36.4 Å². The molecule has 0 amide bonds. The lowest BCUT2D eigenvalue weighted by atomic mass is 9.29. The summed E-state index contributed by atoms with van der Waals surface area (Å²) < 4.78 is 0. The maximum absolute atomic E-state index is 2.49. The van der Waals surface area contributed by atoms with Gasteiger partial charge in [-0.1, -0.05) is 152 Å². The van der Waals surface area contributed by atoms with Crippen molar-refractivity contribution < 1.29 is 0 Å². The van der Waals surface area contributed by atoms with E-state index in [1.54, 1.807) is 10.9 Å². The smallest absolute Gasteiger partial charge is 0.0848 e. The van der Waals surface area contributed by atoms with Crippen LogP contribution >= 0.6 is 0 Å². The second-order valence-corrected chi connectivity index (χ2v) is 10.7. The van der Waals surface area contributed by atoms with Crippen molar-refractivity contribution in [1.29, 1.82) is 0 Å². The van der Waals surface area contributed by atoms with Crippen molar-refractivity contribution in [2.45, 2.75) is 80.7 Å². The van der Waals surface area contributed by atoms with E-state index in [4.69, 9.17) is 0 Å². The van der Waals surface area contributed by atoms with E-state index in [1.165, 1.54) is 36.1 Å². The van der Waals surface area contributed by atoms with Gasteiger partial charge in [-0.05, 0) is 10.8 Å². The minimum Gasteiger partial charge on any atom is -0.0848 e. The standard InChI is InChI=1S/C26H42B2/c1-19(2)15-27(16-20(3)4)25-14-13-23-11-9-10-12-24(23)26(25)28(17-21(5)6)18-22(7)8/h9-14,19-22H,15-18H2,1-8H3. The van der Waals surface area contributed by atoms with Gasteiger partial charge in [-0.25, -0.2) is 0 Å². The van der Waals surface area contributed by atoms with Crippen molar-refractivity contribution in [2.75, 3.05) is 0 Å². The van der Waals surface area contributed by atoms with Crippen molar-refractivity contribution in [1.82, 2.24) is 0 Å². The summed E-state index contributed by atoms with van der Waals surface area (Å²) in [6.07, 6.45) is 5.16. The summed E-state index contributed by atoms with van der Waals surface area (Å²) in [6.45, 7) is 20.4. The van der Waals surface area contributed by atoms with Crippen molar-refractivity contribution >= 4 is 35.1 Å². The van der Waals surface area contributed by atoms with Gasteiger partial charge in [-0.15, -0.1) is 0 Å². The van der Waals surface area contributed by atoms with Gasteiger partial charge in [0.15, 0.2) is 13.4 Å². The largest absolute Gasteiger partial charge is 0.176 e. The van der Waals surface area contributed by atoms with E-state index >= 15 is 0 Å². The first-order chi connectivity index (χ1) is 13.2. The molecule has 0 bridgehead atoms. The van der Waals surface area contributed by atoms with Crippen molar-refractivity contribution in [3.05, 3.63) is 36.4 Å². The molecule has 0 saturated carbocycles. The third-order valence-electron chi connectivity index (χ3n) is 5.88. The van der Waals surface area contributed by atoms with Crippen LogP contribution in [0.2, 0.25) is 25.3 Å². The minimum absolute atomic E-state index is 0.655. The van der Waals surface area contributed by atoms with Gasteiger partial charge in [0.05, 0.1) is 0 Å². The van der Waals surface area contributed by atoms with Crippen LogP contribution in [0.3, 0.4) is 0 Å². The highest BCUT2D eigenvalue weighted by molar-refractivity contribution is 6.86. The molecule has 0 unspecified atom stereocenters. The maximum atomic E-state index is 2.49. The molecule has 152 valence electrons. The Morgan fingerprint density at radius 3 is 1.54 bits per heavy atom. The fraction of sp³-hybridized carbons (Fsp3) is 0.615. The first kappa shape index (κ1) is 23.1. The molecule has 0 heterocycles. The summed E-state index contributed by atoms with van der Waals surface area (Å²) in [4.78, 5) is 0. The average molecular weight is 376 g/mol. The SMILES string of the molecule is CC(C)CB(CC(C)C)c1ccc2ccccc2c1B(CC(C)C)CC(C)C. The Balaban J connectivity index is 2.67. The van der Waals surface area contributed by atoms with Crippen LogP contribution in [0.4, 0.5) is 0 Å². The van der Waals surface area contributed by atoms with E-state index in [9.17, 15) is 0 Å². The van der Waals surface area contributed by atoms with Crippen LogP contribution in [0.25, 0.3) is 10.8 Å². The molecule has 0 nitrogen and oxygen atoms in total. The van der Waals surface area contributed by atoms with Crippen molar-refractivity contribution in [3.63, 3.8) is 0 Å². The number of hydrogen-bond donors (Lipinski definition) is 0. The predicted octanol–water partition coefficient (Wildman–Crippen LogP) is 6.87. The molecule has 0 saturated heterocycles. The van der Waals surface area contributed by atoms with Crippen LogP contribution in [-0.2, 0) is 0 Å². The van der Waals surface area contributed by atoms with Gasteiger partial charge in [0, 0.05) is 0 Å². The monoisotopic (exact) mass is 376 g/mol. The lowest BCUT2D eigenvalue weighted by molar-refractivity contribution is 0.692. The Labute approximate surface area is 176 Å². The summed E-state index contributed by atoms with van der Waals surface area (Å²) >= 11 is 0. The Morgan fingerprint density at radius 2 is 1.04 bits per heavy atom. The molecule has 2 rings (SSSR count). The molecule has 0 N–H and O–H groups in total. The number of hydrogen-bond acceptors (Lipinski definition) is 0.